The standard InChI is InChI=1S/C16H23NO3/c1-4-19-16(18)15(17-13-6-7-13)10-20-14-8-5-11(2)12(3)9-14/h5,8-9,13,15,17H,4,6-7,10H2,1-3H3. The van der Waals surface area contributed by atoms with Gasteiger partial charge in [-0.15, -0.1) is 0 Å². The summed E-state index contributed by atoms with van der Waals surface area (Å²) in [5.41, 5.74) is 2.42. The summed E-state index contributed by atoms with van der Waals surface area (Å²) in [6.07, 6.45) is 2.25. The summed E-state index contributed by atoms with van der Waals surface area (Å²) in [7, 11) is 0. The molecule has 2 rings (SSSR count). The molecule has 1 fully saturated rings. The number of aryl methyl sites for hydroxylation is 2. The van der Waals surface area contributed by atoms with Crippen molar-refractivity contribution in [1.29, 1.82) is 0 Å². The Balaban J connectivity index is 1.92. The van der Waals surface area contributed by atoms with Crippen molar-refractivity contribution in [3.8, 4) is 5.75 Å². The topological polar surface area (TPSA) is 47.6 Å². The van der Waals surface area contributed by atoms with Gasteiger partial charge in [-0.05, 0) is 56.9 Å². The molecule has 0 aromatic heterocycles. The highest BCUT2D eigenvalue weighted by Crippen LogP contribution is 2.20. The number of rotatable bonds is 7. The van der Waals surface area contributed by atoms with Gasteiger partial charge in [0.1, 0.15) is 18.4 Å². The molecule has 0 saturated heterocycles. The van der Waals surface area contributed by atoms with Crippen LogP contribution >= 0.6 is 0 Å². The van der Waals surface area contributed by atoms with Crippen molar-refractivity contribution in [2.24, 2.45) is 0 Å². The fourth-order valence-electron chi connectivity index (χ4n) is 1.94. The molecule has 0 spiro atoms. The van der Waals surface area contributed by atoms with Crippen LogP contribution in [0.15, 0.2) is 18.2 Å². The number of benzene rings is 1. The minimum atomic E-state index is -0.385. The zero-order valence-corrected chi connectivity index (χ0v) is 12.4. The molecule has 4 nitrogen and oxygen atoms in total. The lowest BCUT2D eigenvalue weighted by molar-refractivity contribution is -0.146. The highest BCUT2D eigenvalue weighted by Gasteiger charge is 2.29. The van der Waals surface area contributed by atoms with Crippen molar-refractivity contribution in [3.63, 3.8) is 0 Å². The van der Waals surface area contributed by atoms with Crippen LogP contribution < -0.4 is 10.1 Å². The van der Waals surface area contributed by atoms with Gasteiger partial charge in [-0.1, -0.05) is 6.07 Å². The van der Waals surface area contributed by atoms with Crippen LogP contribution in [0.3, 0.4) is 0 Å². The number of nitrogens with one attached hydrogen (secondary N) is 1. The molecule has 0 radical (unpaired) electrons. The summed E-state index contributed by atoms with van der Waals surface area (Å²) in [5, 5.41) is 3.27. The largest absolute Gasteiger partial charge is 0.491 e. The van der Waals surface area contributed by atoms with Crippen molar-refractivity contribution >= 4 is 5.97 Å². The molecule has 0 amide bonds. The maximum absolute atomic E-state index is 11.9. The minimum Gasteiger partial charge on any atom is -0.491 e. The predicted octanol–water partition coefficient (Wildman–Crippen LogP) is 2.37. The molecule has 0 heterocycles. The first-order valence-electron chi connectivity index (χ1n) is 7.23. The summed E-state index contributed by atoms with van der Waals surface area (Å²) in [6.45, 7) is 6.63. The Morgan fingerprint density at radius 2 is 2.10 bits per heavy atom. The fraction of sp³-hybridized carbons (Fsp3) is 0.562. The van der Waals surface area contributed by atoms with Crippen molar-refractivity contribution in [2.45, 2.75) is 45.7 Å². The second-order valence-corrected chi connectivity index (χ2v) is 5.30. The monoisotopic (exact) mass is 277 g/mol. The number of esters is 1. The average molecular weight is 277 g/mol. The zero-order valence-electron chi connectivity index (χ0n) is 12.4. The van der Waals surface area contributed by atoms with Gasteiger partial charge in [0, 0.05) is 6.04 Å². The van der Waals surface area contributed by atoms with E-state index < -0.39 is 0 Å². The van der Waals surface area contributed by atoms with Crippen LogP contribution in [0.25, 0.3) is 0 Å². The van der Waals surface area contributed by atoms with Gasteiger partial charge < -0.3 is 9.47 Å². The van der Waals surface area contributed by atoms with Crippen molar-refractivity contribution in [1.82, 2.24) is 5.32 Å². The highest BCUT2D eigenvalue weighted by atomic mass is 16.5. The van der Waals surface area contributed by atoms with E-state index in [0.29, 0.717) is 19.3 Å². The van der Waals surface area contributed by atoms with Gasteiger partial charge in [0.25, 0.3) is 0 Å². The van der Waals surface area contributed by atoms with E-state index in [2.05, 4.69) is 12.2 Å². The second-order valence-electron chi connectivity index (χ2n) is 5.30. The number of hydrogen-bond acceptors (Lipinski definition) is 4. The first-order chi connectivity index (χ1) is 9.60. The lowest BCUT2D eigenvalue weighted by atomic mass is 10.1. The number of carbonyl (C=O) groups excluding carboxylic acids is 1. The van der Waals surface area contributed by atoms with E-state index in [1.54, 1.807) is 0 Å². The first-order valence-corrected chi connectivity index (χ1v) is 7.23. The Labute approximate surface area is 120 Å². The normalized spacial score (nSPS) is 15.8. The molecule has 0 aliphatic heterocycles. The van der Waals surface area contributed by atoms with E-state index in [1.807, 2.05) is 32.0 Å². The number of carbonyl (C=O) groups is 1. The van der Waals surface area contributed by atoms with Gasteiger partial charge in [0.15, 0.2) is 0 Å². The van der Waals surface area contributed by atoms with E-state index in [4.69, 9.17) is 9.47 Å². The van der Waals surface area contributed by atoms with Gasteiger partial charge in [-0.3, -0.25) is 10.1 Å². The second kappa shape index (κ2) is 6.75. The van der Waals surface area contributed by atoms with Crippen LogP contribution in [0.4, 0.5) is 0 Å². The molecule has 4 heteroatoms. The molecule has 1 aromatic rings. The molecule has 0 bridgehead atoms. The molecule has 1 aromatic carbocycles. The molecule has 1 aliphatic rings. The fourth-order valence-corrected chi connectivity index (χ4v) is 1.94. The van der Waals surface area contributed by atoms with Crippen molar-refractivity contribution < 1.29 is 14.3 Å². The summed E-state index contributed by atoms with van der Waals surface area (Å²) in [6, 6.07) is 6.01. The summed E-state index contributed by atoms with van der Waals surface area (Å²) in [5.74, 6) is 0.559. The van der Waals surface area contributed by atoms with E-state index in [0.717, 1.165) is 18.6 Å². The summed E-state index contributed by atoms with van der Waals surface area (Å²) in [4.78, 5) is 11.9. The van der Waals surface area contributed by atoms with Crippen LogP contribution in [0.2, 0.25) is 0 Å². The Kier molecular flexibility index (Phi) is 5.01. The third-order valence-electron chi connectivity index (χ3n) is 3.48. The third-order valence-corrected chi connectivity index (χ3v) is 3.48. The smallest absolute Gasteiger partial charge is 0.326 e. The van der Waals surface area contributed by atoms with Crippen LogP contribution in [-0.2, 0) is 9.53 Å². The summed E-state index contributed by atoms with van der Waals surface area (Å²) >= 11 is 0. The minimum absolute atomic E-state index is 0.233. The molecular formula is C16H23NO3. The highest BCUT2D eigenvalue weighted by molar-refractivity contribution is 5.76. The lowest BCUT2D eigenvalue weighted by Gasteiger charge is -2.18. The van der Waals surface area contributed by atoms with E-state index in [9.17, 15) is 4.79 Å². The van der Waals surface area contributed by atoms with Crippen LogP contribution in [0, 0.1) is 13.8 Å². The van der Waals surface area contributed by atoms with Crippen LogP contribution in [-0.4, -0.2) is 31.3 Å². The Morgan fingerprint density at radius 1 is 1.35 bits per heavy atom. The van der Waals surface area contributed by atoms with E-state index in [-0.39, 0.29) is 12.0 Å². The van der Waals surface area contributed by atoms with E-state index in [1.165, 1.54) is 11.1 Å². The SMILES string of the molecule is CCOC(=O)C(COc1ccc(C)c(C)c1)NC1CC1. The van der Waals surface area contributed by atoms with Gasteiger partial charge in [0.05, 0.1) is 6.61 Å². The zero-order chi connectivity index (χ0) is 14.5. The Morgan fingerprint density at radius 3 is 2.70 bits per heavy atom. The van der Waals surface area contributed by atoms with Crippen molar-refractivity contribution in [3.05, 3.63) is 29.3 Å². The Hall–Kier alpha value is -1.55. The first kappa shape index (κ1) is 14.9. The molecule has 1 unspecified atom stereocenters. The average Bonchev–Trinajstić information content (AvgIpc) is 3.22. The molecular weight excluding hydrogens is 254 g/mol. The molecule has 110 valence electrons. The van der Waals surface area contributed by atoms with Gasteiger partial charge in [0.2, 0.25) is 0 Å². The van der Waals surface area contributed by atoms with Gasteiger partial charge >= 0.3 is 5.97 Å². The summed E-state index contributed by atoms with van der Waals surface area (Å²) < 4.78 is 10.8. The third kappa shape index (κ3) is 4.23. The molecule has 20 heavy (non-hydrogen) atoms. The maximum atomic E-state index is 11.9. The van der Waals surface area contributed by atoms with Gasteiger partial charge in [-0.2, -0.15) is 0 Å². The molecule has 1 N–H and O–H groups in total. The Bertz CT molecular complexity index is 469. The molecule has 1 atom stereocenters. The number of hydrogen-bond donors (Lipinski definition) is 1. The maximum Gasteiger partial charge on any atom is 0.326 e. The van der Waals surface area contributed by atoms with Gasteiger partial charge in [-0.25, -0.2) is 0 Å². The van der Waals surface area contributed by atoms with E-state index >= 15 is 0 Å². The lowest BCUT2D eigenvalue weighted by Crippen LogP contribution is -2.43. The van der Waals surface area contributed by atoms with Crippen molar-refractivity contribution in [2.75, 3.05) is 13.2 Å². The number of ether oxygens (including phenoxy) is 2. The molecule has 1 aliphatic carbocycles. The quantitative estimate of drug-likeness (QED) is 0.777. The van der Waals surface area contributed by atoms with Crippen LogP contribution in [0.1, 0.15) is 30.9 Å². The predicted molar refractivity (Wildman–Crippen MR) is 78.0 cm³/mol. The van der Waals surface area contributed by atoms with Crippen LogP contribution in [0.5, 0.6) is 5.75 Å². The molecule has 1 saturated carbocycles.